The third kappa shape index (κ3) is 4.85. The van der Waals surface area contributed by atoms with Crippen LogP contribution in [0.15, 0.2) is 46.9 Å². The molecule has 0 radical (unpaired) electrons. The molecule has 7 heteroatoms. The largest absolute Gasteiger partial charge is 0.486 e. The second-order valence-electron chi connectivity index (χ2n) is 4.30. The van der Waals surface area contributed by atoms with Crippen LogP contribution in [0.2, 0.25) is 0 Å². The molecule has 2 N–H and O–H groups in total. The van der Waals surface area contributed by atoms with Crippen LogP contribution in [0.4, 0.5) is 0 Å². The molecule has 2 amide bonds. The summed E-state index contributed by atoms with van der Waals surface area (Å²) in [6, 6.07) is 12.5. The van der Waals surface area contributed by atoms with Crippen molar-refractivity contribution in [2.45, 2.75) is 6.61 Å². The van der Waals surface area contributed by atoms with Crippen molar-refractivity contribution in [3.8, 4) is 5.75 Å². The zero-order chi connectivity index (χ0) is 15.8. The molecule has 116 valence electrons. The van der Waals surface area contributed by atoms with Gasteiger partial charge in [0.15, 0.2) is 5.76 Å². The average molecular weight is 320 g/mol. The molecule has 0 atom stereocenters. The Bertz CT molecular complexity index is 627. The van der Waals surface area contributed by atoms with Crippen LogP contribution in [0.5, 0.6) is 5.75 Å². The monoisotopic (exact) mass is 320 g/mol. The summed E-state index contributed by atoms with van der Waals surface area (Å²) in [6.45, 7) is 0.218. The van der Waals surface area contributed by atoms with E-state index in [1.165, 1.54) is 17.8 Å². The van der Waals surface area contributed by atoms with Crippen LogP contribution in [0, 0.1) is 0 Å². The average Bonchev–Trinajstić information content (AvgIpc) is 3.01. The molecule has 0 aliphatic rings. The first-order valence-corrected chi connectivity index (χ1v) is 7.93. The number of carbonyl (C=O) groups is 2. The number of rotatable bonds is 6. The lowest BCUT2D eigenvalue weighted by atomic mass is 10.3. The quantitative estimate of drug-likeness (QED) is 0.796. The molecular formula is C15H16N2O4S. The Balaban J connectivity index is 1.83. The Morgan fingerprint density at radius 3 is 2.64 bits per heavy atom. The number of hydrogen-bond acceptors (Lipinski definition) is 5. The highest BCUT2D eigenvalue weighted by Crippen LogP contribution is 2.13. The summed E-state index contributed by atoms with van der Waals surface area (Å²) in [5.41, 5.74) is 4.58. The van der Waals surface area contributed by atoms with E-state index in [0.717, 1.165) is 0 Å². The minimum Gasteiger partial charge on any atom is -0.486 e. The molecule has 22 heavy (non-hydrogen) atoms. The van der Waals surface area contributed by atoms with Crippen LogP contribution in [0.25, 0.3) is 0 Å². The van der Waals surface area contributed by atoms with E-state index >= 15 is 0 Å². The molecule has 0 bridgehead atoms. The molecule has 0 saturated heterocycles. The van der Waals surface area contributed by atoms with Gasteiger partial charge < -0.3 is 9.15 Å². The van der Waals surface area contributed by atoms with Crippen LogP contribution >= 0.6 is 11.8 Å². The smallest absolute Gasteiger partial charge is 0.305 e. The SMILES string of the molecule is CSCC(=O)NNC(=O)c1ccc(COc2ccccc2)o1. The van der Waals surface area contributed by atoms with Gasteiger partial charge in [-0.25, -0.2) is 0 Å². The lowest BCUT2D eigenvalue weighted by Crippen LogP contribution is -2.42. The number of para-hydroxylation sites is 1. The number of nitrogens with one attached hydrogen (secondary N) is 2. The van der Waals surface area contributed by atoms with Crippen molar-refractivity contribution < 1.29 is 18.7 Å². The number of hydrazine groups is 1. The van der Waals surface area contributed by atoms with Gasteiger partial charge in [-0.1, -0.05) is 18.2 Å². The Morgan fingerprint density at radius 1 is 1.14 bits per heavy atom. The molecule has 6 nitrogen and oxygen atoms in total. The molecule has 2 rings (SSSR count). The maximum atomic E-state index is 11.8. The Morgan fingerprint density at radius 2 is 1.91 bits per heavy atom. The first-order chi connectivity index (χ1) is 10.7. The lowest BCUT2D eigenvalue weighted by molar-refractivity contribution is -0.119. The molecule has 1 aromatic carbocycles. The first kappa shape index (κ1) is 16.0. The second-order valence-corrected chi connectivity index (χ2v) is 5.17. The van der Waals surface area contributed by atoms with Crippen LogP contribution in [0.1, 0.15) is 16.3 Å². The number of ether oxygens (including phenoxy) is 1. The van der Waals surface area contributed by atoms with Crippen molar-refractivity contribution in [3.63, 3.8) is 0 Å². The minimum absolute atomic E-state index is 0.108. The summed E-state index contributed by atoms with van der Waals surface area (Å²) >= 11 is 1.36. The summed E-state index contributed by atoms with van der Waals surface area (Å²) in [5.74, 6) is 0.824. The summed E-state index contributed by atoms with van der Waals surface area (Å²) < 4.78 is 10.9. The van der Waals surface area contributed by atoms with Crippen molar-refractivity contribution in [1.82, 2.24) is 10.9 Å². The topological polar surface area (TPSA) is 80.6 Å². The fraction of sp³-hybridized carbons (Fsp3) is 0.200. The summed E-state index contributed by atoms with van der Waals surface area (Å²) in [6.07, 6.45) is 1.80. The standard InChI is InChI=1S/C15H16N2O4S/c1-22-10-14(18)16-17-15(19)13-8-7-12(21-13)9-20-11-5-3-2-4-6-11/h2-8H,9-10H2,1H3,(H,16,18)(H,17,19). The van der Waals surface area contributed by atoms with Crippen molar-refractivity contribution in [2.24, 2.45) is 0 Å². The van der Waals surface area contributed by atoms with E-state index in [2.05, 4.69) is 10.9 Å². The number of thioether (sulfide) groups is 1. The molecule has 0 fully saturated rings. The molecule has 0 unspecified atom stereocenters. The minimum atomic E-state index is -0.514. The van der Waals surface area contributed by atoms with Gasteiger partial charge in [-0.2, -0.15) is 11.8 Å². The van der Waals surface area contributed by atoms with Crippen molar-refractivity contribution in [1.29, 1.82) is 0 Å². The molecule has 0 spiro atoms. The van der Waals surface area contributed by atoms with Gasteiger partial charge in [0.2, 0.25) is 5.91 Å². The van der Waals surface area contributed by atoms with Crippen molar-refractivity contribution in [3.05, 3.63) is 54.0 Å². The molecule has 0 aliphatic carbocycles. The van der Waals surface area contributed by atoms with Crippen LogP contribution in [-0.2, 0) is 11.4 Å². The fourth-order valence-electron chi connectivity index (χ4n) is 1.60. The van der Waals surface area contributed by atoms with Gasteiger partial charge >= 0.3 is 5.91 Å². The Hall–Kier alpha value is -2.41. The summed E-state index contributed by atoms with van der Waals surface area (Å²) in [7, 11) is 0. The molecule has 1 aromatic heterocycles. The van der Waals surface area contributed by atoms with Crippen LogP contribution < -0.4 is 15.6 Å². The lowest BCUT2D eigenvalue weighted by Gasteiger charge is -2.05. The highest BCUT2D eigenvalue weighted by atomic mass is 32.2. The highest BCUT2D eigenvalue weighted by Gasteiger charge is 2.12. The van der Waals surface area contributed by atoms with Gasteiger partial charge in [-0.3, -0.25) is 20.4 Å². The van der Waals surface area contributed by atoms with E-state index in [9.17, 15) is 9.59 Å². The maximum Gasteiger partial charge on any atom is 0.305 e. The zero-order valence-electron chi connectivity index (χ0n) is 12.0. The number of carbonyl (C=O) groups excluding carboxylic acids is 2. The molecular weight excluding hydrogens is 304 g/mol. The van der Waals surface area contributed by atoms with Crippen LogP contribution in [-0.4, -0.2) is 23.8 Å². The van der Waals surface area contributed by atoms with Crippen molar-refractivity contribution >= 4 is 23.6 Å². The second kappa shape index (κ2) is 8.14. The van der Waals surface area contributed by atoms with Gasteiger partial charge in [0.05, 0.1) is 5.75 Å². The Kier molecular flexibility index (Phi) is 5.91. The van der Waals surface area contributed by atoms with Crippen LogP contribution in [0.3, 0.4) is 0 Å². The van der Waals surface area contributed by atoms with Gasteiger partial charge in [0.1, 0.15) is 18.1 Å². The van der Waals surface area contributed by atoms with E-state index in [4.69, 9.17) is 9.15 Å². The van der Waals surface area contributed by atoms with Gasteiger partial charge in [0, 0.05) is 0 Å². The predicted octanol–water partition coefficient (Wildman–Crippen LogP) is 1.98. The molecule has 0 aliphatic heterocycles. The molecule has 1 heterocycles. The van der Waals surface area contributed by atoms with Crippen molar-refractivity contribution in [2.75, 3.05) is 12.0 Å². The fourth-order valence-corrected chi connectivity index (χ4v) is 1.94. The third-order valence-electron chi connectivity index (χ3n) is 2.60. The first-order valence-electron chi connectivity index (χ1n) is 6.53. The van der Waals surface area contributed by atoms with E-state index < -0.39 is 5.91 Å². The highest BCUT2D eigenvalue weighted by molar-refractivity contribution is 7.99. The number of amides is 2. The van der Waals surface area contributed by atoms with Gasteiger partial charge in [0.25, 0.3) is 0 Å². The third-order valence-corrected chi connectivity index (χ3v) is 3.15. The van der Waals surface area contributed by atoms with Gasteiger partial charge in [-0.05, 0) is 30.5 Å². The normalized spacial score (nSPS) is 10.0. The summed E-state index contributed by atoms with van der Waals surface area (Å²) in [4.78, 5) is 23.0. The molecule has 0 saturated carbocycles. The Labute approximate surface area is 132 Å². The number of benzene rings is 1. The predicted molar refractivity (Wildman–Crippen MR) is 83.5 cm³/mol. The number of furan rings is 1. The zero-order valence-corrected chi connectivity index (χ0v) is 12.8. The van der Waals surface area contributed by atoms with Gasteiger partial charge in [-0.15, -0.1) is 0 Å². The van der Waals surface area contributed by atoms with E-state index in [0.29, 0.717) is 11.5 Å². The summed E-state index contributed by atoms with van der Waals surface area (Å²) in [5, 5.41) is 0. The molecule has 2 aromatic rings. The van der Waals surface area contributed by atoms with E-state index in [1.54, 1.807) is 12.3 Å². The number of hydrogen-bond donors (Lipinski definition) is 2. The van der Waals surface area contributed by atoms with E-state index in [1.807, 2.05) is 30.3 Å². The van der Waals surface area contributed by atoms with E-state index in [-0.39, 0.29) is 24.0 Å². The maximum absolute atomic E-state index is 11.8.